The molecule has 0 aromatic carbocycles. The Hall–Kier alpha value is -1.64. The third-order valence-electron chi connectivity index (χ3n) is 4.27. The molecule has 0 aromatic rings. The summed E-state index contributed by atoms with van der Waals surface area (Å²) in [6.07, 6.45) is 18.0. The fraction of sp³-hybridized carbons (Fsp3) is 0.471. The van der Waals surface area contributed by atoms with Gasteiger partial charge in [0.15, 0.2) is 0 Å². The first-order valence-corrected chi connectivity index (χ1v) is 7.55. The van der Waals surface area contributed by atoms with Crippen LogP contribution in [-0.2, 0) is 0 Å². The molecule has 1 heterocycles. The third-order valence-corrected chi connectivity index (χ3v) is 4.27. The van der Waals surface area contributed by atoms with Crippen LogP contribution in [0.4, 0.5) is 4.39 Å². The van der Waals surface area contributed by atoms with Crippen molar-refractivity contribution in [3.63, 3.8) is 0 Å². The largest absolute Gasteiger partial charge is 0.262 e. The van der Waals surface area contributed by atoms with E-state index in [1.165, 1.54) is 25.7 Å². The number of fused-ring (bicyclic) bond motifs is 1. The number of hydrazone groups is 1. The summed E-state index contributed by atoms with van der Waals surface area (Å²) >= 11 is 0. The number of hydrogen-bond donors (Lipinski definition) is 0. The standard InChI is InChI=1S/C17H21FN2/c18-16-7-2-8-17(10-9-16)20-13-11-15-5-1-4-14(15)6-3-12-19-20/h2,8-12,14H,1,3-7,13H2/b15-11-,19-12-. The molecule has 1 atom stereocenters. The van der Waals surface area contributed by atoms with E-state index in [9.17, 15) is 4.39 Å². The summed E-state index contributed by atoms with van der Waals surface area (Å²) in [4.78, 5) is 0. The van der Waals surface area contributed by atoms with E-state index >= 15 is 0 Å². The van der Waals surface area contributed by atoms with Gasteiger partial charge in [0.1, 0.15) is 5.83 Å². The summed E-state index contributed by atoms with van der Waals surface area (Å²) in [7, 11) is 0. The molecule has 2 aliphatic carbocycles. The zero-order valence-electron chi connectivity index (χ0n) is 11.8. The van der Waals surface area contributed by atoms with Gasteiger partial charge < -0.3 is 0 Å². The van der Waals surface area contributed by atoms with Gasteiger partial charge in [0.2, 0.25) is 0 Å². The first-order chi connectivity index (χ1) is 9.83. The molecular formula is C17H21FN2. The Balaban J connectivity index is 1.81. The average Bonchev–Trinajstić information content (AvgIpc) is 2.81. The summed E-state index contributed by atoms with van der Waals surface area (Å²) in [5.74, 6) is 0.663. The van der Waals surface area contributed by atoms with Gasteiger partial charge in [-0.05, 0) is 56.3 Å². The molecule has 1 unspecified atom stereocenters. The van der Waals surface area contributed by atoms with Gasteiger partial charge in [-0.3, -0.25) is 5.01 Å². The second-order valence-corrected chi connectivity index (χ2v) is 5.64. The van der Waals surface area contributed by atoms with Gasteiger partial charge in [0.05, 0.1) is 12.2 Å². The van der Waals surface area contributed by atoms with Gasteiger partial charge in [-0.2, -0.15) is 5.10 Å². The third kappa shape index (κ3) is 3.09. The van der Waals surface area contributed by atoms with Crippen molar-refractivity contribution in [2.24, 2.45) is 11.0 Å². The minimum atomic E-state index is -0.0984. The molecule has 20 heavy (non-hydrogen) atoms. The van der Waals surface area contributed by atoms with Crippen LogP contribution in [0, 0.1) is 5.92 Å². The zero-order valence-corrected chi connectivity index (χ0v) is 11.8. The predicted octanol–water partition coefficient (Wildman–Crippen LogP) is 4.49. The molecule has 0 amide bonds. The molecular weight excluding hydrogens is 251 g/mol. The molecule has 0 radical (unpaired) electrons. The van der Waals surface area contributed by atoms with E-state index in [0.29, 0.717) is 6.42 Å². The SMILES string of the molecule is FC1=CC=C(N2C/C=C3/CCCC3CC/C=N\2)C=CC1. The lowest BCUT2D eigenvalue weighted by Crippen LogP contribution is -2.16. The number of hydrogen-bond acceptors (Lipinski definition) is 2. The van der Waals surface area contributed by atoms with Gasteiger partial charge >= 0.3 is 0 Å². The Morgan fingerprint density at radius 3 is 3.15 bits per heavy atom. The highest BCUT2D eigenvalue weighted by Crippen LogP contribution is 2.34. The highest BCUT2D eigenvalue weighted by atomic mass is 19.1. The summed E-state index contributed by atoms with van der Waals surface area (Å²) < 4.78 is 13.3. The predicted molar refractivity (Wildman–Crippen MR) is 80.9 cm³/mol. The van der Waals surface area contributed by atoms with Crippen LogP contribution in [0.5, 0.6) is 0 Å². The first-order valence-electron chi connectivity index (χ1n) is 7.55. The molecule has 3 aliphatic rings. The van der Waals surface area contributed by atoms with Crippen molar-refractivity contribution in [3.8, 4) is 0 Å². The molecule has 1 fully saturated rings. The van der Waals surface area contributed by atoms with E-state index in [4.69, 9.17) is 0 Å². The van der Waals surface area contributed by atoms with Gasteiger partial charge in [-0.15, -0.1) is 0 Å². The number of halogens is 1. The molecule has 2 nitrogen and oxygen atoms in total. The highest BCUT2D eigenvalue weighted by molar-refractivity contribution is 5.57. The van der Waals surface area contributed by atoms with Crippen LogP contribution in [0.2, 0.25) is 0 Å². The molecule has 1 aliphatic heterocycles. The lowest BCUT2D eigenvalue weighted by atomic mass is 9.97. The quantitative estimate of drug-likeness (QED) is 0.642. The molecule has 0 aromatic heterocycles. The van der Waals surface area contributed by atoms with Crippen LogP contribution in [0.25, 0.3) is 0 Å². The summed E-state index contributed by atoms with van der Waals surface area (Å²) in [5, 5.41) is 6.52. The van der Waals surface area contributed by atoms with Gasteiger partial charge in [-0.25, -0.2) is 4.39 Å². The fourth-order valence-corrected chi connectivity index (χ4v) is 3.16. The van der Waals surface area contributed by atoms with Crippen LogP contribution in [0.15, 0.2) is 52.6 Å². The second-order valence-electron chi connectivity index (χ2n) is 5.64. The van der Waals surface area contributed by atoms with Gasteiger partial charge in [0.25, 0.3) is 0 Å². The minimum absolute atomic E-state index is 0.0984. The number of allylic oxidation sites excluding steroid dienone is 6. The monoisotopic (exact) mass is 272 g/mol. The molecule has 0 bridgehead atoms. The van der Waals surface area contributed by atoms with Crippen molar-refractivity contribution in [3.05, 3.63) is 47.5 Å². The Kier molecular flexibility index (Phi) is 4.14. The lowest BCUT2D eigenvalue weighted by molar-refractivity contribution is 0.418. The second kappa shape index (κ2) is 6.21. The molecule has 3 rings (SSSR count). The number of rotatable bonds is 1. The zero-order chi connectivity index (χ0) is 13.8. The highest BCUT2D eigenvalue weighted by Gasteiger charge is 2.21. The Labute approximate surface area is 120 Å². The molecule has 1 saturated carbocycles. The first kappa shape index (κ1) is 13.3. The van der Waals surface area contributed by atoms with Crippen molar-refractivity contribution in [1.82, 2.24) is 5.01 Å². The van der Waals surface area contributed by atoms with Crippen molar-refractivity contribution >= 4 is 6.21 Å². The van der Waals surface area contributed by atoms with E-state index in [1.54, 1.807) is 11.6 Å². The number of nitrogens with zero attached hydrogens (tertiary/aromatic N) is 2. The van der Waals surface area contributed by atoms with Crippen LogP contribution in [-0.4, -0.2) is 17.8 Å². The van der Waals surface area contributed by atoms with E-state index < -0.39 is 0 Å². The normalized spacial score (nSPS) is 30.9. The molecule has 0 N–H and O–H groups in total. The van der Waals surface area contributed by atoms with Crippen LogP contribution >= 0.6 is 0 Å². The minimum Gasteiger partial charge on any atom is -0.262 e. The summed E-state index contributed by atoms with van der Waals surface area (Å²) in [5.41, 5.74) is 2.56. The van der Waals surface area contributed by atoms with E-state index in [1.807, 2.05) is 29.5 Å². The Morgan fingerprint density at radius 2 is 2.20 bits per heavy atom. The molecule has 0 spiro atoms. The topological polar surface area (TPSA) is 15.6 Å². The summed E-state index contributed by atoms with van der Waals surface area (Å²) in [6.45, 7) is 0.786. The van der Waals surface area contributed by atoms with Crippen molar-refractivity contribution in [1.29, 1.82) is 0 Å². The van der Waals surface area contributed by atoms with E-state index in [2.05, 4.69) is 11.2 Å². The van der Waals surface area contributed by atoms with Crippen molar-refractivity contribution < 1.29 is 4.39 Å². The summed E-state index contributed by atoms with van der Waals surface area (Å²) in [6, 6.07) is 0. The van der Waals surface area contributed by atoms with Gasteiger partial charge in [0, 0.05) is 12.6 Å². The maximum atomic E-state index is 13.3. The van der Waals surface area contributed by atoms with Gasteiger partial charge in [-0.1, -0.05) is 17.7 Å². The maximum Gasteiger partial charge on any atom is 0.104 e. The smallest absolute Gasteiger partial charge is 0.104 e. The Morgan fingerprint density at radius 1 is 1.25 bits per heavy atom. The van der Waals surface area contributed by atoms with Crippen LogP contribution in [0.3, 0.4) is 0 Å². The van der Waals surface area contributed by atoms with Crippen LogP contribution in [0.1, 0.15) is 38.5 Å². The molecule has 106 valence electrons. The van der Waals surface area contributed by atoms with E-state index in [-0.39, 0.29) is 5.83 Å². The molecule has 0 saturated heterocycles. The fourth-order valence-electron chi connectivity index (χ4n) is 3.16. The van der Waals surface area contributed by atoms with Crippen molar-refractivity contribution in [2.45, 2.75) is 38.5 Å². The molecule has 3 heteroatoms. The Bertz CT molecular complexity index is 511. The van der Waals surface area contributed by atoms with Crippen LogP contribution < -0.4 is 0 Å². The van der Waals surface area contributed by atoms with Crippen molar-refractivity contribution in [2.75, 3.05) is 6.54 Å². The lowest BCUT2D eigenvalue weighted by Gasteiger charge is -2.18. The average molecular weight is 272 g/mol. The van der Waals surface area contributed by atoms with E-state index in [0.717, 1.165) is 24.6 Å². The maximum absolute atomic E-state index is 13.3.